The Kier molecular flexibility index (Phi) is 4.22. The van der Waals surface area contributed by atoms with Crippen molar-refractivity contribution in [3.8, 4) is 0 Å². The van der Waals surface area contributed by atoms with Crippen LogP contribution in [0.3, 0.4) is 0 Å². The summed E-state index contributed by atoms with van der Waals surface area (Å²) in [4.78, 5) is 15.3. The van der Waals surface area contributed by atoms with Gasteiger partial charge in [-0.25, -0.2) is 4.98 Å². The monoisotopic (exact) mass is 301 g/mol. The largest absolute Gasteiger partial charge is 0.391 e. The first-order valence-corrected chi connectivity index (χ1v) is 7.68. The van der Waals surface area contributed by atoms with Crippen LogP contribution in [0.4, 0.5) is 0 Å². The third-order valence-electron chi connectivity index (χ3n) is 4.65. The van der Waals surface area contributed by atoms with Gasteiger partial charge in [-0.05, 0) is 20.3 Å². The summed E-state index contributed by atoms with van der Waals surface area (Å²) >= 11 is 0. The molecule has 6 heteroatoms. The van der Waals surface area contributed by atoms with E-state index in [0.717, 1.165) is 36.7 Å². The number of aliphatic hydroxyl groups is 1. The van der Waals surface area contributed by atoms with Gasteiger partial charge in [0.1, 0.15) is 5.82 Å². The zero-order chi connectivity index (χ0) is 15.7. The van der Waals surface area contributed by atoms with E-state index in [9.17, 15) is 5.11 Å². The van der Waals surface area contributed by atoms with E-state index in [1.165, 1.54) is 5.69 Å². The van der Waals surface area contributed by atoms with Crippen molar-refractivity contribution in [2.75, 3.05) is 13.1 Å². The third kappa shape index (κ3) is 3.03. The average Bonchev–Trinajstić information content (AvgIpc) is 2.96. The number of aromatic nitrogens is 4. The van der Waals surface area contributed by atoms with Crippen molar-refractivity contribution in [3.63, 3.8) is 0 Å². The maximum absolute atomic E-state index is 10.3. The molecule has 0 aliphatic carbocycles. The summed E-state index contributed by atoms with van der Waals surface area (Å²) in [6, 6.07) is 0. The van der Waals surface area contributed by atoms with Gasteiger partial charge in [0, 0.05) is 50.3 Å². The quantitative estimate of drug-likeness (QED) is 0.907. The topological polar surface area (TPSA) is 67.1 Å². The number of β-amino-alcohol motifs (C(OH)–C–C–N with tert-alkyl or cyclic N) is 1. The van der Waals surface area contributed by atoms with Crippen molar-refractivity contribution in [3.05, 3.63) is 41.5 Å². The van der Waals surface area contributed by atoms with Crippen LogP contribution < -0.4 is 0 Å². The van der Waals surface area contributed by atoms with Gasteiger partial charge in [0.15, 0.2) is 0 Å². The van der Waals surface area contributed by atoms with Gasteiger partial charge in [-0.15, -0.1) is 0 Å². The number of imidazole rings is 1. The molecule has 1 fully saturated rings. The second-order valence-corrected chi connectivity index (χ2v) is 6.18. The highest BCUT2D eigenvalue weighted by molar-refractivity contribution is 5.13. The summed E-state index contributed by atoms with van der Waals surface area (Å²) in [5.41, 5.74) is 3.22. The minimum Gasteiger partial charge on any atom is -0.391 e. The van der Waals surface area contributed by atoms with Crippen LogP contribution in [0.25, 0.3) is 0 Å². The zero-order valence-corrected chi connectivity index (χ0v) is 13.4. The highest BCUT2D eigenvalue weighted by Crippen LogP contribution is 2.22. The van der Waals surface area contributed by atoms with Gasteiger partial charge >= 0.3 is 0 Å². The fourth-order valence-electron chi connectivity index (χ4n) is 3.10. The molecule has 3 rings (SSSR count). The molecule has 0 spiro atoms. The maximum Gasteiger partial charge on any atom is 0.123 e. The van der Waals surface area contributed by atoms with Crippen molar-refractivity contribution < 1.29 is 5.11 Å². The molecule has 118 valence electrons. The van der Waals surface area contributed by atoms with Gasteiger partial charge in [-0.3, -0.25) is 14.9 Å². The molecule has 3 heterocycles. The molecule has 6 nitrogen and oxygen atoms in total. The first kappa shape index (κ1) is 15.1. The Labute approximate surface area is 130 Å². The molecule has 0 amide bonds. The first-order chi connectivity index (χ1) is 10.5. The molecular formula is C16H23N5O. The van der Waals surface area contributed by atoms with Crippen LogP contribution in [-0.4, -0.2) is 48.7 Å². The van der Waals surface area contributed by atoms with Crippen LogP contribution in [0.15, 0.2) is 18.6 Å². The molecular weight excluding hydrogens is 278 g/mol. The molecule has 22 heavy (non-hydrogen) atoms. The number of aryl methyl sites for hydroxylation is 1. The SMILES string of the molecule is Cc1nc(CN2CC(O)C(Cc3cnccn3)C2)n(C)c1C. The molecule has 1 aliphatic rings. The maximum atomic E-state index is 10.3. The van der Waals surface area contributed by atoms with Crippen molar-refractivity contribution >= 4 is 0 Å². The predicted octanol–water partition coefficient (Wildman–Crippen LogP) is 0.862. The number of rotatable bonds is 4. The van der Waals surface area contributed by atoms with Crippen molar-refractivity contribution in [1.82, 2.24) is 24.4 Å². The summed E-state index contributed by atoms with van der Waals surface area (Å²) in [5, 5.41) is 10.3. The molecule has 0 aromatic carbocycles. The van der Waals surface area contributed by atoms with Crippen LogP contribution in [0.5, 0.6) is 0 Å². The van der Waals surface area contributed by atoms with E-state index in [2.05, 4.69) is 31.3 Å². The summed E-state index contributed by atoms with van der Waals surface area (Å²) in [6.45, 7) is 6.45. The lowest BCUT2D eigenvalue weighted by atomic mass is 10.0. The molecule has 2 aromatic rings. The summed E-state index contributed by atoms with van der Waals surface area (Å²) < 4.78 is 2.14. The van der Waals surface area contributed by atoms with Crippen LogP contribution >= 0.6 is 0 Å². The van der Waals surface area contributed by atoms with E-state index in [0.29, 0.717) is 6.54 Å². The lowest BCUT2D eigenvalue weighted by Crippen LogP contribution is -2.23. The van der Waals surface area contributed by atoms with E-state index in [-0.39, 0.29) is 12.0 Å². The molecule has 1 saturated heterocycles. The highest BCUT2D eigenvalue weighted by Gasteiger charge is 2.32. The summed E-state index contributed by atoms with van der Waals surface area (Å²) in [7, 11) is 2.05. The first-order valence-electron chi connectivity index (χ1n) is 7.68. The minimum atomic E-state index is -0.315. The summed E-state index contributed by atoms with van der Waals surface area (Å²) in [6.07, 6.45) is 5.61. The van der Waals surface area contributed by atoms with Gasteiger partial charge in [-0.1, -0.05) is 0 Å². The van der Waals surface area contributed by atoms with E-state index in [1.54, 1.807) is 18.6 Å². The fraction of sp³-hybridized carbons (Fsp3) is 0.562. The van der Waals surface area contributed by atoms with Crippen molar-refractivity contribution in [2.24, 2.45) is 13.0 Å². The molecule has 1 N–H and O–H groups in total. The second-order valence-electron chi connectivity index (χ2n) is 6.18. The lowest BCUT2D eigenvalue weighted by molar-refractivity contribution is 0.140. The Morgan fingerprint density at radius 1 is 1.27 bits per heavy atom. The zero-order valence-electron chi connectivity index (χ0n) is 13.4. The van der Waals surface area contributed by atoms with Gasteiger partial charge in [0.05, 0.1) is 24.0 Å². The van der Waals surface area contributed by atoms with Crippen LogP contribution in [-0.2, 0) is 20.0 Å². The van der Waals surface area contributed by atoms with Gasteiger partial charge in [-0.2, -0.15) is 0 Å². The Bertz CT molecular complexity index is 639. The smallest absolute Gasteiger partial charge is 0.123 e. The van der Waals surface area contributed by atoms with Crippen LogP contribution in [0, 0.1) is 19.8 Å². The van der Waals surface area contributed by atoms with E-state index in [4.69, 9.17) is 0 Å². The fourth-order valence-corrected chi connectivity index (χ4v) is 3.10. The normalized spacial score (nSPS) is 22.4. The van der Waals surface area contributed by atoms with Gasteiger partial charge in [0.2, 0.25) is 0 Å². The number of likely N-dealkylation sites (tertiary alicyclic amines) is 1. The second kappa shape index (κ2) is 6.14. The molecule has 0 saturated carbocycles. The third-order valence-corrected chi connectivity index (χ3v) is 4.65. The number of hydrogen-bond donors (Lipinski definition) is 1. The van der Waals surface area contributed by atoms with Crippen molar-refractivity contribution in [1.29, 1.82) is 0 Å². The Balaban J connectivity index is 1.64. The molecule has 2 atom stereocenters. The van der Waals surface area contributed by atoms with E-state index >= 15 is 0 Å². The predicted molar refractivity (Wildman–Crippen MR) is 83.2 cm³/mol. The standard InChI is InChI=1S/C16H23N5O/c1-11-12(2)20(3)16(19-11)10-21-8-13(15(22)9-21)6-14-7-17-4-5-18-14/h4-5,7,13,15,22H,6,8-10H2,1-3H3. The van der Waals surface area contributed by atoms with Gasteiger partial charge in [0.25, 0.3) is 0 Å². The molecule has 0 bridgehead atoms. The van der Waals surface area contributed by atoms with Crippen LogP contribution in [0.2, 0.25) is 0 Å². The Morgan fingerprint density at radius 2 is 2.09 bits per heavy atom. The van der Waals surface area contributed by atoms with Gasteiger partial charge < -0.3 is 9.67 Å². The van der Waals surface area contributed by atoms with E-state index in [1.807, 2.05) is 14.0 Å². The molecule has 0 radical (unpaired) electrons. The summed E-state index contributed by atoms with van der Waals surface area (Å²) in [5.74, 6) is 1.27. The average molecular weight is 301 g/mol. The Morgan fingerprint density at radius 3 is 2.73 bits per heavy atom. The highest BCUT2D eigenvalue weighted by atomic mass is 16.3. The van der Waals surface area contributed by atoms with E-state index < -0.39 is 0 Å². The molecule has 1 aliphatic heterocycles. The van der Waals surface area contributed by atoms with Crippen molar-refractivity contribution in [2.45, 2.75) is 32.9 Å². The molecule has 2 unspecified atom stereocenters. The Hall–Kier alpha value is -1.79. The van der Waals surface area contributed by atoms with Crippen LogP contribution in [0.1, 0.15) is 22.9 Å². The molecule has 2 aromatic heterocycles. The number of hydrogen-bond acceptors (Lipinski definition) is 5. The number of aliphatic hydroxyl groups excluding tert-OH is 1. The number of nitrogens with zero attached hydrogens (tertiary/aromatic N) is 5. The lowest BCUT2D eigenvalue weighted by Gasteiger charge is -2.15. The minimum absolute atomic E-state index is 0.208.